The Morgan fingerprint density at radius 3 is 2.67 bits per heavy atom. The molecule has 1 aliphatic heterocycles. The minimum atomic E-state index is -0.273. The fourth-order valence-corrected chi connectivity index (χ4v) is 3.85. The second-order valence-corrected chi connectivity index (χ2v) is 7.27. The molecule has 0 unspecified atom stereocenters. The normalized spacial score (nSPS) is 14.8. The quantitative estimate of drug-likeness (QED) is 0.767. The van der Waals surface area contributed by atoms with Crippen molar-refractivity contribution in [1.82, 2.24) is 9.88 Å². The number of nitrogens with one attached hydrogen (secondary N) is 1. The zero-order valence-electron chi connectivity index (χ0n) is 15.8. The van der Waals surface area contributed by atoms with E-state index in [0.29, 0.717) is 6.42 Å². The van der Waals surface area contributed by atoms with Crippen molar-refractivity contribution in [1.29, 1.82) is 0 Å². The lowest BCUT2D eigenvalue weighted by molar-refractivity contribution is -0.130. The molecule has 0 aliphatic carbocycles. The lowest BCUT2D eigenvalue weighted by Gasteiger charge is -2.37. The van der Waals surface area contributed by atoms with Crippen LogP contribution in [0.15, 0.2) is 42.6 Å². The summed E-state index contributed by atoms with van der Waals surface area (Å²) in [5, 5.41) is 0.916. The van der Waals surface area contributed by atoms with Crippen LogP contribution in [0.4, 0.5) is 10.1 Å². The van der Waals surface area contributed by atoms with Crippen molar-refractivity contribution in [3.63, 3.8) is 0 Å². The van der Waals surface area contributed by atoms with E-state index in [1.54, 1.807) is 6.07 Å². The molecule has 27 heavy (non-hydrogen) atoms. The van der Waals surface area contributed by atoms with Gasteiger partial charge in [0.05, 0.1) is 6.42 Å². The predicted octanol–water partition coefficient (Wildman–Crippen LogP) is 3.82. The minimum absolute atomic E-state index is 0.126. The number of fused-ring (bicyclic) bond motifs is 1. The van der Waals surface area contributed by atoms with Gasteiger partial charge in [0, 0.05) is 49.0 Å². The summed E-state index contributed by atoms with van der Waals surface area (Å²) in [7, 11) is 0. The molecule has 4 nitrogen and oxygen atoms in total. The largest absolute Gasteiger partial charge is 0.368 e. The lowest BCUT2D eigenvalue weighted by atomic mass is 10.1. The van der Waals surface area contributed by atoms with Crippen molar-refractivity contribution in [2.45, 2.75) is 20.3 Å². The summed E-state index contributed by atoms with van der Waals surface area (Å²) in [6, 6.07) is 11.0. The molecule has 0 spiro atoms. The van der Waals surface area contributed by atoms with E-state index in [1.807, 2.05) is 11.1 Å². The molecule has 1 N–H and O–H groups in total. The zero-order chi connectivity index (χ0) is 19.0. The van der Waals surface area contributed by atoms with Gasteiger partial charge >= 0.3 is 0 Å². The molecule has 1 aliphatic rings. The van der Waals surface area contributed by atoms with Gasteiger partial charge in [-0.15, -0.1) is 0 Å². The summed E-state index contributed by atoms with van der Waals surface area (Å²) in [6.07, 6.45) is 2.16. The van der Waals surface area contributed by atoms with Gasteiger partial charge in [0.2, 0.25) is 5.91 Å². The van der Waals surface area contributed by atoms with E-state index in [4.69, 9.17) is 0 Å². The van der Waals surface area contributed by atoms with E-state index >= 15 is 0 Å². The topological polar surface area (TPSA) is 39.3 Å². The van der Waals surface area contributed by atoms with Crippen LogP contribution in [0.25, 0.3) is 10.9 Å². The van der Waals surface area contributed by atoms with Gasteiger partial charge < -0.3 is 14.8 Å². The zero-order valence-corrected chi connectivity index (χ0v) is 15.8. The Balaban J connectivity index is 1.42. The fourth-order valence-electron chi connectivity index (χ4n) is 3.85. The van der Waals surface area contributed by atoms with Crippen LogP contribution in [0, 0.1) is 19.7 Å². The van der Waals surface area contributed by atoms with Gasteiger partial charge in [-0.25, -0.2) is 4.39 Å². The molecule has 140 valence electrons. The Labute approximate surface area is 158 Å². The SMILES string of the molecule is Cc1cccc(N2CCN(C(=O)Cc3c[nH]c4cc(F)ccc34)CC2)c1C. The average molecular weight is 365 g/mol. The Kier molecular flexibility index (Phi) is 4.60. The number of aryl methyl sites for hydroxylation is 1. The highest BCUT2D eigenvalue weighted by Gasteiger charge is 2.23. The van der Waals surface area contributed by atoms with E-state index in [0.717, 1.165) is 42.6 Å². The number of carbonyl (C=O) groups is 1. The second kappa shape index (κ2) is 7.06. The number of benzene rings is 2. The summed E-state index contributed by atoms with van der Waals surface area (Å²) >= 11 is 0. The monoisotopic (exact) mass is 365 g/mol. The molecule has 0 radical (unpaired) electrons. The average Bonchev–Trinajstić information content (AvgIpc) is 3.06. The predicted molar refractivity (Wildman–Crippen MR) is 107 cm³/mol. The number of H-pyrrole nitrogens is 1. The van der Waals surface area contributed by atoms with E-state index in [1.165, 1.54) is 28.9 Å². The number of carbonyl (C=O) groups excluding carboxylic acids is 1. The van der Waals surface area contributed by atoms with Crippen LogP contribution in [0.5, 0.6) is 0 Å². The summed E-state index contributed by atoms with van der Waals surface area (Å²) in [5.41, 5.74) is 5.52. The maximum atomic E-state index is 13.3. The number of halogens is 1. The fraction of sp³-hybridized carbons (Fsp3) is 0.318. The van der Waals surface area contributed by atoms with Crippen molar-refractivity contribution in [3.05, 3.63) is 65.1 Å². The molecular weight excluding hydrogens is 341 g/mol. The van der Waals surface area contributed by atoms with Gasteiger partial charge in [-0.2, -0.15) is 0 Å². The molecule has 1 saturated heterocycles. The maximum Gasteiger partial charge on any atom is 0.227 e. The number of hydrogen-bond donors (Lipinski definition) is 1. The smallest absolute Gasteiger partial charge is 0.227 e. The first kappa shape index (κ1) is 17.6. The van der Waals surface area contributed by atoms with Gasteiger partial charge in [-0.3, -0.25) is 4.79 Å². The highest BCUT2D eigenvalue weighted by Crippen LogP contribution is 2.24. The molecule has 3 aromatic rings. The van der Waals surface area contributed by atoms with Gasteiger partial charge in [0.15, 0.2) is 0 Å². The molecule has 0 bridgehead atoms. The number of nitrogens with zero attached hydrogens (tertiary/aromatic N) is 2. The first-order valence-corrected chi connectivity index (χ1v) is 9.37. The number of piperazine rings is 1. The molecule has 1 amide bonds. The highest BCUT2D eigenvalue weighted by atomic mass is 19.1. The van der Waals surface area contributed by atoms with Crippen molar-refractivity contribution >= 4 is 22.5 Å². The van der Waals surface area contributed by atoms with Crippen LogP contribution in [-0.2, 0) is 11.2 Å². The third-order valence-electron chi connectivity index (χ3n) is 5.62. The highest BCUT2D eigenvalue weighted by molar-refractivity contribution is 5.89. The number of rotatable bonds is 3. The van der Waals surface area contributed by atoms with Crippen LogP contribution in [0.1, 0.15) is 16.7 Å². The standard InChI is InChI=1S/C22H24FN3O/c1-15-4-3-5-21(16(15)2)25-8-10-26(11-9-25)22(27)12-17-14-24-20-13-18(23)6-7-19(17)20/h3-7,13-14,24H,8-12H2,1-2H3. The maximum absolute atomic E-state index is 13.3. The molecule has 5 heteroatoms. The molecule has 1 aromatic heterocycles. The summed E-state index contributed by atoms with van der Waals surface area (Å²) in [4.78, 5) is 20.1. The second-order valence-electron chi connectivity index (χ2n) is 7.27. The molecule has 2 aromatic carbocycles. The summed E-state index contributed by atoms with van der Waals surface area (Å²) < 4.78 is 13.3. The van der Waals surface area contributed by atoms with E-state index < -0.39 is 0 Å². The van der Waals surface area contributed by atoms with Crippen molar-refractivity contribution in [2.75, 3.05) is 31.1 Å². The van der Waals surface area contributed by atoms with Crippen LogP contribution in [-0.4, -0.2) is 42.0 Å². The van der Waals surface area contributed by atoms with Gasteiger partial charge in [-0.1, -0.05) is 12.1 Å². The van der Waals surface area contributed by atoms with Crippen LogP contribution < -0.4 is 4.90 Å². The third kappa shape index (κ3) is 3.42. The van der Waals surface area contributed by atoms with Crippen molar-refractivity contribution in [2.24, 2.45) is 0 Å². The number of amides is 1. The van der Waals surface area contributed by atoms with Crippen molar-refractivity contribution < 1.29 is 9.18 Å². The molecule has 2 heterocycles. The number of anilines is 1. The van der Waals surface area contributed by atoms with E-state index in [-0.39, 0.29) is 11.7 Å². The van der Waals surface area contributed by atoms with Crippen LogP contribution >= 0.6 is 0 Å². The summed E-state index contributed by atoms with van der Waals surface area (Å²) in [6.45, 7) is 7.42. The van der Waals surface area contributed by atoms with Crippen molar-refractivity contribution in [3.8, 4) is 0 Å². The Bertz CT molecular complexity index is 986. The lowest BCUT2D eigenvalue weighted by Crippen LogP contribution is -2.49. The molecular formula is C22H24FN3O. The Hall–Kier alpha value is -2.82. The molecule has 4 rings (SSSR count). The van der Waals surface area contributed by atoms with Crippen LogP contribution in [0.3, 0.4) is 0 Å². The number of aromatic amines is 1. The minimum Gasteiger partial charge on any atom is -0.368 e. The number of aromatic nitrogens is 1. The van der Waals surface area contributed by atoms with E-state index in [2.05, 4.69) is 41.9 Å². The Morgan fingerprint density at radius 2 is 1.89 bits per heavy atom. The first-order chi connectivity index (χ1) is 13.0. The van der Waals surface area contributed by atoms with Gasteiger partial charge in [-0.05, 0) is 54.8 Å². The van der Waals surface area contributed by atoms with Gasteiger partial charge in [0.25, 0.3) is 0 Å². The molecule has 1 fully saturated rings. The van der Waals surface area contributed by atoms with Crippen LogP contribution in [0.2, 0.25) is 0 Å². The van der Waals surface area contributed by atoms with Gasteiger partial charge in [0.1, 0.15) is 5.82 Å². The summed E-state index contributed by atoms with van der Waals surface area (Å²) in [5.74, 6) is -0.148. The molecule has 0 saturated carbocycles. The van der Waals surface area contributed by atoms with E-state index in [9.17, 15) is 9.18 Å². The number of hydrogen-bond acceptors (Lipinski definition) is 2. The Morgan fingerprint density at radius 1 is 1.11 bits per heavy atom. The molecule has 0 atom stereocenters. The third-order valence-corrected chi connectivity index (χ3v) is 5.62. The first-order valence-electron chi connectivity index (χ1n) is 9.37.